The van der Waals surface area contributed by atoms with E-state index >= 15 is 0 Å². The fourth-order valence-corrected chi connectivity index (χ4v) is 4.86. The summed E-state index contributed by atoms with van der Waals surface area (Å²) < 4.78 is 33.6. The van der Waals surface area contributed by atoms with E-state index in [0.29, 0.717) is 13.2 Å². The number of aryl methyl sites for hydroxylation is 1. The molecular formula is C17H28Cl2N2O3S. The van der Waals surface area contributed by atoms with Crippen molar-refractivity contribution in [3.8, 4) is 0 Å². The third-order valence-corrected chi connectivity index (χ3v) is 6.46. The topological polar surface area (TPSA) is 67.4 Å². The van der Waals surface area contributed by atoms with E-state index in [1.54, 1.807) is 19.2 Å². The van der Waals surface area contributed by atoms with Crippen molar-refractivity contribution in [2.45, 2.75) is 37.5 Å². The molecule has 144 valence electrons. The van der Waals surface area contributed by atoms with Gasteiger partial charge in [0.1, 0.15) is 4.90 Å². The van der Waals surface area contributed by atoms with Crippen molar-refractivity contribution in [2.24, 2.45) is 5.41 Å². The lowest BCUT2D eigenvalue weighted by atomic mass is 9.80. The molecule has 1 aromatic carbocycles. The molecule has 25 heavy (non-hydrogen) atoms. The lowest BCUT2D eigenvalue weighted by Gasteiger charge is -2.37. The van der Waals surface area contributed by atoms with Gasteiger partial charge in [0.25, 0.3) is 0 Å². The second-order valence-electron chi connectivity index (χ2n) is 6.52. The zero-order chi connectivity index (χ0) is 17.6. The second-order valence-corrected chi connectivity index (χ2v) is 8.66. The molecule has 0 spiro atoms. The molecule has 0 bridgehead atoms. The van der Waals surface area contributed by atoms with Crippen LogP contribution in [0.25, 0.3) is 0 Å². The molecule has 1 aliphatic heterocycles. The fourth-order valence-electron chi connectivity index (χ4n) is 3.16. The highest BCUT2D eigenvalue weighted by Gasteiger charge is 2.34. The summed E-state index contributed by atoms with van der Waals surface area (Å²) in [6.07, 6.45) is 3.55. The van der Waals surface area contributed by atoms with Crippen LogP contribution in [0, 0.1) is 5.41 Å². The Morgan fingerprint density at radius 1 is 1.32 bits per heavy atom. The van der Waals surface area contributed by atoms with Gasteiger partial charge in [-0.2, -0.15) is 0 Å². The van der Waals surface area contributed by atoms with Crippen molar-refractivity contribution in [3.63, 3.8) is 0 Å². The molecule has 1 aromatic rings. The number of rotatable bonds is 8. The van der Waals surface area contributed by atoms with Gasteiger partial charge in [-0.15, -0.1) is 12.4 Å². The van der Waals surface area contributed by atoms with Crippen LogP contribution in [0.2, 0.25) is 5.02 Å². The van der Waals surface area contributed by atoms with E-state index in [2.05, 4.69) is 17.0 Å². The average molecular weight is 411 g/mol. The predicted molar refractivity (Wildman–Crippen MR) is 104 cm³/mol. The maximum absolute atomic E-state index is 12.7. The lowest BCUT2D eigenvalue weighted by Crippen LogP contribution is -2.47. The van der Waals surface area contributed by atoms with Gasteiger partial charge >= 0.3 is 0 Å². The number of halogens is 2. The molecular weight excluding hydrogens is 383 g/mol. The van der Waals surface area contributed by atoms with Crippen molar-refractivity contribution in [3.05, 3.63) is 28.8 Å². The Bertz CT molecular complexity index is 642. The molecule has 0 atom stereocenters. The summed E-state index contributed by atoms with van der Waals surface area (Å²) in [5, 5.41) is 3.56. The van der Waals surface area contributed by atoms with E-state index < -0.39 is 10.0 Å². The van der Waals surface area contributed by atoms with Crippen LogP contribution in [0.3, 0.4) is 0 Å². The highest BCUT2D eigenvalue weighted by molar-refractivity contribution is 7.89. The number of nitrogens with one attached hydrogen (secondary N) is 2. The van der Waals surface area contributed by atoms with E-state index in [9.17, 15) is 8.42 Å². The maximum Gasteiger partial charge on any atom is 0.242 e. The van der Waals surface area contributed by atoms with Crippen LogP contribution in [0.1, 0.15) is 31.7 Å². The van der Waals surface area contributed by atoms with Gasteiger partial charge in [0.2, 0.25) is 10.0 Å². The number of methoxy groups -OCH3 is 1. The second kappa shape index (κ2) is 10.1. The SMILES string of the molecule is CCCc1ccc(Cl)c(S(=O)(=O)NCC2(COC)CCNCC2)c1.Cl. The van der Waals surface area contributed by atoms with E-state index in [0.717, 1.165) is 44.3 Å². The van der Waals surface area contributed by atoms with Gasteiger partial charge in [-0.05, 0) is 50.0 Å². The first-order valence-corrected chi connectivity index (χ1v) is 10.3. The Morgan fingerprint density at radius 2 is 2.00 bits per heavy atom. The monoisotopic (exact) mass is 410 g/mol. The quantitative estimate of drug-likeness (QED) is 0.690. The van der Waals surface area contributed by atoms with Crippen molar-refractivity contribution in [1.82, 2.24) is 10.0 Å². The summed E-state index contributed by atoms with van der Waals surface area (Å²) >= 11 is 6.14. The van der Waals surface area contributed by atoms with E-state index in [1.807, 2.05) is 6.07 Å². The highest BCUT2D eigenvalue weighted by atomic mass is 35.5. The summed E-state index contributed by atoms with van der Waals surface area (Å²) in [4.78, 5) is 0.164. The fraction of sp³-hybridized carbons (Fsp3) is 0.647. The van der Waals surface area contributed by atoms with Crippen LogP contribution < -0.4 is 10.0 Å². The number of ether oxygens (including phenoxy) is 1. The lowest BCUT2D eigenvalue weighted by molar-refractivity contribution is 0.0577. The predicted octanol–water partition coefficient (Wildman–Crippen LogP) is 3.01. The summed E-state index contributed by atoms with van der Waals surface area (Å²) in [5.74, 6) is 0. The van der Waals surface area contributed by atoms with Crippen LogP contribution in [0.5, 0.6) is 0 Å². The average Bonchev–Trinajstić information content (AvgIpc) is 2.56. The smallest absolute Gasteiger partial charge is 0.242 e. The molecule has 0 aliphatic carbocycles. The number of hydrogen-bond acceptors (Lipinski definition) is 4. The Morgan fingerprint density at radius 3 is 2.60 bits per heavy atom. The largest absolute Gasteiger partial charge is 0.384 e. The molecule has 0 radical (unpaired) electrons. The van der Waals surface area contributed by atoms with E-state index in [-0.39, 0.29) is 27.7 Å². The third kappa shape index (κ3) is 6.08. The standard InChI is InChI=1S/C17H27ClN2O3S.ClH/c1-3-4-14-5-6-15(18)16(11-14)24(21,22)20-12-17(13-23-2)7-9-19-10-8-17;/h5-6,11,19-20H,3-4,7-10,12-13H2,1-2H3;1H. The van der Waals surface area contributed by atoms with Crippen LogP contribution in [0.4, 0.5) is 0 Å². The zero-order valence-corrected chi connectivity index (χ0v) is 17.2. The minimum atomic E-state index is -3.65. The number of hydrogen-bond donors (Lipinski definition) is 2. The van der Waals surface area contributed by atoms with Gasteiger partial charge in [0.15, 0.2) is 0 Å². The molecule has 2 N–H and O–H groups in total. The van der Waals surface area contributed by atoms with Gasteiger partial charge in [0.05, 0.1) is 11.6 Å². The van der Waals surface area contributed by atoms with Gasteiger partial charge in [0, 0.05) is 19.1 Å². The van der Waals surface area contributed by atoms with Crippen molar-refractivity contribution >= 4 is 34.0 Å². The summed E-state index contributed by atoms with van der Waals surface area (Å²) in [5.41, 5.74) is 0.816. The first kappa shape index (κ1) is 22.7. The Kier molecular flexibility index (Phi) is 9.15. The van der Waals surface area contributed by atoms with Gasteiger partial charge in [-0.3, -0.25) is 0 Å². The van der Waals surface area contributed by atoms with Gasteiger partial charge < -0.3 is 10.1 Å². The molecule has 2 rings (SSSR count). The summed E-state index contributed by atoms with van der Waals surface area (Å²) in [6.45, 7) is 4.71. The molecule has 1 heterocycles. The molecule has 1 saturated heterocycles. The first-order valence-electron chi connectivity index (χ1n) is 8.40. The molecule has 0 amide bonds. The van der Waals surface area contributed by atoms with Crippen LogP contribution in [-0.2, 0) is 21.2 Å². The molecule has 1 fully saturated rings. The van der Waals surface area contributed by atoms with Gasteiger partial charge in [-0.25, -0.2) is 13.1 Å². The highest BCUT2D eigenvalue weighted by Crippen LogP contribution is 2.30. The van der Waals surface area contributed by atoms with Crippen molar-refractivity contribution in [2.75, 3.05) is 33.4 Å². The molecule has 0 aromatic heterocycles. The number of sulfonamides is 1. The molecule has 0 unspecified atom stereocenters. The number of benzene rings is 1. The van der Waals surface area contributed by atoms with Crippen LogP contribution in [0.15, 0.2) is 23.1 Å². The summed E-state index contributed by atoms with van der Waals surface area (Å²) in [7, 11) is -1.99. The summed E-state index contributed by atoms with van der Waals surface area (Å²) in [6, 6.07) is 5.22. The van der Waals surface area contributed by atoms with Crippen molar-refractivity contribution < 1.29 is 13.2 Å². The Labute approximate surface area is 162 Å². The minimum Gasteiger partial charge on any atom is -0.384 e. The molecule has 8 heteroatoms. The first-order chi connectivity index (χ1) is 11.4. The Hall–Kier alpha value is -0.370. The zero-order valence-electron chi connectivity index (χ0n) is 14.8. The van der Waals surface area contributed by atoms with E-state index in [4.69, 9.17) is 16.3 Å². The van der Waals surface area contributed by atoms with Gasteiger partial charge in [-0.1, -0.05) is 31.0 Å². The normalized spacial score (nSPS) is 17.1. The van der Waals surface area contributed by atoms with Crippen LogP contribution >= 0.6 is 24.0 Å². The molecule has 0 saturated carbocycles. The number of piperidine rings is 1. The molecule has 5 nitrogen and oxygen atoms in total. The van der Waals surface area contributed by atoms with Crippen molar-refractivity contribution in [1.29, 1.82) is 0 Å². The van der Waals surface area contributed by atoms with Crippen LogP contribution in [-0.4, -0.2) is 41.8 Å². The minimum absolute atomic E-state index is 0. The Balaban J connectivity index is 0.00000312. The third-order valence-electron chi connectivity index (χ3n) is 4.58. The maximum atomic E-state index is 12.7. The van der Waals surface area contributed by atoms with E-state index in [1.165, 1.54) is 0 Å². The molecule has 1 aliphatic rings.